The first-order valence-corrected chi connectivity index (χ1v) is 7.35. The molecule has 0 spiro atoms. The summed E-state index contributed by atoms with van der Waals surface area (Å²) in [5.74, 6) is 0.176. The summed E-state index contributed by atoms with van der Waals surface area (Å²) in [5.41, 5.74) is 3.80. The monoisotopic (exact) mass is 258 g/mol. The molecule has 1 aromatic rings. The van der Waals surface area contributed by atoms with Gasteiger partial charge in [0.1, 0.15) is 0 Å². The Kier molecular flexibility index (Phi) is 3.56. The fourth-order valence-corrected chi connectivity index (χ4v) is 3.35. The van der Waals surface area contributed by atoms with E-state index < -0.39 is 0 Å². The highest BCUT2D eigenvalue weighted by Crippen LogP contribution is 2.27. The van der Waals surface area contributed by atoms with Crippen LogP contribution in [0.4, 0.5) is 0 Å². The minimum Gasteiger partial charge on any atom is -0.353 e. The number of amides is 1. The maximum absolute atomic E-state index is 12.5. The zero-order chi connectivity index (χ0) is 13.2. The first-order valence-electron chi connectivity index (χ1n) is 7.35. The average molecular weight is 258 g/mol. The number of fused-ring (bicyclic) bond motifs is 1. The van der Waals surface area contributed by atoms with Crippen molar-refractivity contribution in [1.82, 2.24) is 10.6 Å². The van der Waals surface area contributed by atoms with Gasteiger partial charge in [0.25, 0.3) is 0 Å². The zero-order valence-electron chi connectivity index (χ0n) is 11.5. The fraction of sp³-hybridized carbons (Fsp3) is 0.562. The molecule has 0 radical (unpaired) electrons. The fourth-order valence-electron chi connectivity index (χ4n) is 3.35. The summed E-state index contributed by atoms with van der Waals surface area (Å²) >= 11 is 0. The van der Waals surface area contributed by atoms with Crippen molar-refractivity contribution in [3.63, 3.8) is 0 Å². The third kappa shape index (κ3) is 2.52. The van der Waals surface area contributed by atoms with Crippen molar-refractivity contribution in [2.75, 3.05) is 6.54 Å². The molecule has 102 valence electrons. The van der Waals surface area contributed by atoms with Crippen LogP contribution in [-0.4, -0.2) is 18.5 Å². The van der Waals surface area contributed by atoms with Crippen molar-refractivity contribution in [2.45, 2.75) is 51.1 Å². The van der Waals surface area contributed by atoms with Crippen LogP contribution in [0.25, 0.3) is 0 Å². The van der Waals surface area contributed by atoms with E-state index in [0.717, 1.165) is 25.9 Å². The minimum atomic E-state index is -0.0238. The van der Waals surface area contributed by atoms with E-state index in [2.05, 4.69) is 35.8 Å². The molecule has 2 aliphatic rings. The molecule has 19 heavy (non-hydrogen) atoms. The standard InChI is InChI=1S/C16H22N2O/c1-11-5-4-8-13-14(11)9-17-10-15(13)16(19)18-12-6-2-3-7-12/h4-5,8,12,15,17H,2-3,6-7,9-10H2,1H3,(H,18,19). The molecule has 1 amide bonds. The van der Waals surface area contributed by atoms with E-state index in [1.54, 1.807) is 0 Å². The van der Waals surface area contributed by atoms with E-state index in [1.165, 1.54) is 29.5 Å². The van der Waals surface area contributed by atoms with Gasteiger partial charge in [-0.2, -0.15) is 0 Å². The molecule has 2 N–H and O–H groups in total. The van der Waals surface area contributed by atoms with Gasteiger partial charge in [0.05, 0.1) is 5.92 Å². The van der Waals surface area contributed by atoms with Crippen molar-refractivity contribution in [3.05, 3.63) is 34.9 Å². The molecular formula is C16H22N2O. The van der Waals surface area contributed by atoms with Crippen molar-refractivity contribution in [3.8, 4) is 0 Å². The van der Waals surface area contributed by atoms with Gasteiger partial charge in [-0.25, -0.2) is 0 Å². The van der Waals surface area contributed by atoms with Crippen LogP contribution in [0.5, 0.6) is 0 Å². The summed E-state index contributed by atoms with van der Waals surface area (Å²) in [6, 6.07) is 6.71. The maximum Gasteiger partial charge on any atom is 0.229 e. The first kappa shape index (κ1) is 12.7. The number of carbonyl (C=O) groups is 1. The van der Waals surface area contributed by atoms with Gasteiger partial charge in [-0.05, 0) is 36.5 Å². The predicted octanol–water partition coefficient (Wildman–Crippen LogP) is 2.24. The van der Waals surface area contributed by atoms with Gasteiger partial charge >= 0.3 is 0 Å². The first-order chi connectivity index (χ1) is 9.25. The zero-order valence-corrected chi connectivity index (χ0v) is 11.5. The van der Waals surface area contributed by atoms with Gasteiger partial charge in [-0.15, -0.1) is 0 Å². The summed E-state index contributed by atoms with van der Waals surface area (Å²) < 4.78 is 0. The Labute approximate surface area is 114 Å². The van der Waals surface area contributed by atoms with E-state index in [4.69, 9.17) is 0 Å². The molecule has 1 aromatic carbocycles. The van der Waals surface area contributed by atoms with Gasteiger partial charge in [0, 0.05) is 19.1 Å². The largest absolute Gasteiger partial charge is 0.353 e. The topological polar surface area (TPSA) is 41.1 Å². The summed E-state index contributed by atoms with van der Waals surface area (Å²) in [7, 11) is 0. The lowest BCUT2D eigenvalue weighted by molar-refractivity contribution is -0.123. The highest BCUT2D eigenvalue weighted by atomic mass is 16.2. The summed E-state index contributed by atoms with van der Waals surface area (Å²) in [5, 5.41) is 6.61. The maximum atomic E-state index is 12.5. The van der Waals surface area contributed by atoms with E-state index in [9.17, 15) is 4.79 Å². The number of aryl methyl sites for hydroxylation is 1. The Morgan fingerprint density at radius 1 is 1.32 bits per heavy atom. The Balaban J connectivity index is 1.79. The minimum absolute atomic E-state index is 0.0238. The quantitative estimate of drug-likeness (QED) is 0.854. The van der Waals surface area contributed by atoms with E-state index in [-0.39, 0.29) is 11.8 Å². The van der Waals surface area contributed by atoms with Gasteiger partial charge in [0.2, 0.25) is 5.91 Å². The summed E-state index contributed by atoms with van der Waals surface area (Å²) in [4.78, 5) is 12.5. The molecule has 1 aliphatic carbocycles. The summed E-state index contributed by atoms with van der Waals surface area (Å²) in [6.07, 6.45) is 4.80. The molecule has 1 aliphatic heterocycles. The van der Waals surface area contributed by atoms with Gasteiger partial charge in [-0.3, -0.25) is 4.79 Å². The average Bonchev–Trinajstić information content (AvgIpc) is 2.91. The third-order valence-corrected chi connectivity index (χ3v) is 4.49. The number of carbonyl (C=O) groups excluding carboxylic acids is 1. The molecule has 1 atom stereocenters. The van der Waals surface area contributed by atoms with Crippen molar-refractivity contribution in [1.29, 1.82) is 0 Å². The van der Waals surface area contributed by atoms with E-state index >= 15 is 0 Å². The second-order valence-corrected chi connectivity index (χ2v) is 5.82. The van der Waals surface area contributed by atoms with Crippen LogP contribution in [0.2, 0.25) is 0 Å². The number of hydrogen-bond acceptors (Lipinski definition) is 2. The second kappa shape index (κ2) is 5.33. The molecule has 1 saturated carbocycles. The molecule has 3 rings (SSSR count). The number of hydrogen-bond donors (Lipinski definition) is 2. The predicted molar refractivity (Wildman–Crippen MR) is 76.0 cm³/mol. The highest BCUT2D eigenvalue weighted by molar-refractivity contribution is 5.85. The molecular weight excluding hydrogens is 236 g/mol. The molecule has 3 heteroatoms. The SMILES string of the molecule is Cc1cccc2c1CNCC2C(=O)NC1CCCC1. The van der Waals surface area contributed by atoms with Crippen LogP contribution < -0.4 is 10.6 Å². The molecule has 0 aromatic heterocycles. The lowest BCUT2D eigenvalue weighted by atomic mass is 9.87. The molecule has 0 saturated heterocycles. The van der Waals surface area contributed by atoms with Crippen molar-refractivity contribution >= 4 is 5.91 Å². The number of benzene rings is 1. The van der Waals surface area contributed by atoms with Gasteiger partial charge in [-0.1, -0.05) is 31.0 Å². The van der Waals surface area contributed by atoms with E-state index in [0.29, 0.717) is 6.04 Å². The molecule has 1 heterocycles. The Morgan fingerprint density at radius 2 is 2.11 bits per heavy atom. The van der Waals surface area contributed by atoms with Crippen LogP contribution in [-0.2, 0) is 11.3 Å². The third-order valence-electron chi connectivity index (χ3n) is 4.49. The van der Waals surface area contributed by atoms with Crippen LogP contribution in [0.1, 0.15) is 48.3 Å². The van der Waals surface area contributed by atoms with Crippen LogP contribution in [0.3, 0.4) is 0 Å². The lowest BCUT2D eigenvalue weighted by Crippen LogP contribution is -2.42. The van der Waals surface area contributed by atoms with E-state index in [1.807, 2.05) is 0 Å². The normalized spacial score (nSPS) is 23.1. The number of nitrogens with one attached hydrogen (secondary N) is 2. The van der Waals surface area contributed by atoms with Crippen LogP contribution >= 0.6 is 0 Å². The number of rotatable bonds is 2. The molecule has 0 bridgehead atoms. The van der Waals surface area contributed by atoms with Crippen molar-refractivity contribution in [2.24, 2.45) is 0 Å². The highest BCUT2D eigenvalue weighted by Gasteiger charge is 2.28. The Bertz CT molecular complexity index is 478. The lowest BCUT2D eigenvalue weighted by Gasteiger charge is -2.28. The Morgan fingerprint density at radius 3 is 2.89 bits per heavy atom. The van der Waals surface area contributed by atoms with Crippen LogP contribution in [0, 0.1) is 6.92 Å². The molecule has 1 fully saturated rings. The second-order valence-electron chi connectivity index (χ2n) is 5.82. The van der Waals surface area contributed by atoms with Crippen LogP contribution in [0.15, 0.2) is 18.2 Å². The molecule has 1 unspecified atom stereocenters. The van der Waals surface area contributed by atoms with Gasteiger partial charge in [0.15, 0.2) is 0 Å². The summed E-state index contributed by atoms with van der Waals surface area (Å²) in [6.45, 7) is 3.77. The smallest absolute Gasteiger partial charge is 0.229 e. The van der Waals surface area contributed by atoms with Crippen molar-refractivity contribution < 1.29 is 4.79 Å². The van der Waals surface area contributed by atoms with Gasteiger partial charge < -0.3 is 10.6 Å². The molecule has 3 nitrogen and oxygen atoms in total. The Hall–Kier alpha value is -1.35.